The van der Waals surface area contributed by atoms with Gasteiger partial charge in [0, 0.05) is 5.69 Å². The molecule has 1 N–H and O–H groups in total. The van der Waals surface area contributed by atoms with Crippen LogP contribution in [0.25, 0.3) is 0 Å². The van der Waals surface area contributed by atoms with E-state index in [-0.39, 0.29) is 5.91 Å². The van der Waals surface area contributed by atoms with Crippen LogP contribution in [-0.4, -0.2) is 13.0 Å². The van der Waals surface area contributed by atoms with Gasteiger partial charge in [-0.15, -0.1) is 0 Å². The lowest BCUT2D eigenvalue weighted by molar-refractivity contribution is -0.118. The molecule has 1 atom stereocenters. The number of anilines is 1. The van der Waals surface area contributed by atoms with Crippen LogP contribution in [0, 0.1) is 24.2 Å². The van der Waals surface area contributed by atoms with Crippen LogP contribution in [0.5, 0.6) is 5.75 Å². The second kappa shape index (κ2) is 7.28. The lowest BCUT2D eigenvalue weighted by atomic mass is 9.99. The molecule has 1 amide bonds. The van der Waals surface area contributed by atoms with Crippen molar-refractivity contribution < 1.29 is 9.53 Å². The fourth-order valence-corrected chi connectivity index (χ4v) is 2.06. The largest absolute Gasteiger partial charge is 0.497 e. The molecular weight excluding hydrogens is 276 g/mol. The van der Waals surface area contributed by atoms with Gasteiger partial charge in [0.1, 0.15) is 11.7 Å². The maximum absolute atomic E-state index is 12.2. The third-order valence-corrected chi connectivity index (χ3v) is 3.39. The predicted octanol–water partition coefficient (Wildman–Crippen LogP) is 3.32. The highest BCUT2D eigenvalue weighted by Gasteiger charge is 2.18. The zero-order chi connectivity index (χ0) is 15.9. The predicted molar refractivity (Wildman–Crippen MR) is 85.6 cm³/mol. The summed E-state index contributed by atoms with van der Waals surface area (Å²) in [5.74, 6) is -0.266. The van der Waals surface area contributed by atoms with E-state index in [1.165, 1.54) is 0 Å². The number of carbonyl (C=O) groups is 1. The van der Waals surface area contributed by atoms with E-state index in [1.54, 1.807) is 7.11 Å². The summed E-state index contributed by atoms with van der Waals surface area (Å²) in [6.45, 7) is 1.98. The molecule has 0 aliphatic rings. The van der Waals surface area contributed by atoms with Crippen LogP contribution in [0.15, 0.2) is 48.5 Å². The molecule has 0 radical (unpaired) electrons. The van der Waals surface area contributed by atoms with E-state index < -0.39 is 5.92 Å². The Labute approximate surface area is 130 Å². The first-order chi connectivity index (χ1) is 10.6. The molecule has 0 aliphatic carbocycles. The number of hydrogen-bond acceptors (Lipinski definition) is 3. The van der Waals surface area contributed by atoms with Crippen LogP contribution in [-0.2, 0) is 11.2 Å². The highest BCUT2D eigenvalue weighted by Crippen LogP contribution is 2.16. The van der Waals surface area contributed by atoms with E-state index in [4.69, 9.17) is 4.74 Å². The normalized spacial score (nSPS) is 11.3. The van der Waals surface area contributed by atoms with Crippen LogP contribution < -0.4 is 10.1 Å². The molecule has 2 aromatic rings. The van der Waals surface area contributed by atoms with Crippen molar-refractivity contribution in [2.45, 2.75) is 13.3 Å². The summed E-state index contributed by atoms with van der Waals surface area (Å²) in [5, 5.41) is 12.0. The zero-order valence-corrected chi connectivity index (χ0v) is 12.7. The number of methoxy groups -OCH3 is 1. The van der Waals surface area contributed by atoms with Crippen molar-refractivity contribution in [2.24, 2.45) is 5.92 Å². The minimum absolute atomic E-state index is 0.290. The van der Waals surface area contributed by atoms with Crippen LogP contribution in [0.1, 0.15) is 11.1 Å². The summed E-state index contributed by atoms with van der Waals surface area (Å²) >= 11 is 0. The SMILES string of the molecule is COc1ccc(CC(C#N)C(=O)Nc2ccc(C)cc2)cc1. The maximum atomic E-state index is 12.2. The van der Waals surface area contributed by atoms with Crippen LogP contribution >= 0.6 is 0 Å². The Morgan fingerprint density at radius 3 is 2.36 bits per heavy atom. The van der Waals surface area contributed by atoms with E-state index in [1.807, 2.05) is 55.5 Å². The third kappa shape index (κ3) is 4.10. The molecule has 0 aromatic heterocycles. The number of hydrogen-bond donors (Lipinski definition) is 1. The van der Waals surface area contributed by atoms with Gasteiger partial charge in [0.2, 0.25) is 5.91 Å². The Hall–Kier alpha value is -2.80. The summed E-state index contributed by atoms with van der Waals surface area (Å²) in [4.78, 5) is 12.2. The molecule has 1 unspecified atom stereocenters. The van der Waals surface area contributed by atoms with E-state index in [9.17, 15) is 10.1 Å². The van der Waals surface area contributed by atoms with Gasteiger partial charge in [0.05, 0.1) is 13.2 Å². The monoisotopic (exact) mass is 294 g/mol. The second-order valence-electron chi connectivity index (χ2n) is 5.09. The highest BCUT2D eigenvalue weighted by atomic mass is 16.5. The molecule has 0 fully saturated rings. The lowest BCUT2D eigenvalue weighted by Crippen LogP contribution is -2.23. The first-order valence-electron chi connectivity index (χ1n) is 7.02. The first-order valence-corrected chi connectivity index (χ1v) is 7.02. The Kier molecular flexibility index (Phi) is 5.16. The van der Waals surface area contributed by atoms with Crippen molar-refractivity contribution in [3.05, 3.63) is 59.7 Å². The average Bonchev–Trinajstić information content (AvgIpc) is 2.55. The number of nitrogens with zero attached hydrogens (tertiary/aromatic N) is 1. The van der Waals surface area contributed by atoms with Crippen LogP contribution in [0.3, 0.4) is 0 Å². The van der Waals surface area contributed by atoms with Gasteiger partial charge in [0.25, 0.3) is 0 Å². The number of amides is 1. The van der Waals surface area contributed by atoms with Gasteiger partial charge in [0.15, 0.2) is 0 Å². The number of rotatable bonds is 5. The number of benzene rings is 2. The minimum atomic E-state index is -0.727. The number of nitriles is 1. The summed E-state index contributed by atoms with van der Waals surface area (Å²) in [6, 6.07) is 16.9. The zero-order valence-electron chi connectivity index (χ0n) is 12.7. The van der Waals surface area contributed by atoms with Crippen molar-refractivity contribution in [3.8, 4) is 11.8 Å². The standard InChI is InChI=1S/C18H18N2O2/c1-13-3-7-16(8-4-13)20-18(21)15(12-19)11-14-5-9-17(22-2)10-6-14/h3-10,15H,11H2,1-2H3,(H,20,21). The molecule has 112 valence electrons. The van der Waals surface area contributed by atoms with E-state index >= 15 is 0 Å². The quantitative estimate of drug-likeness (QED) is 0.920. The van der Waals surface area contributed by atoms with E-state index in [2.05, 4.69) is 11.4 Å². The maximum Gasteiger partial charge on any atom is 0.242 e. The fourth-order valence-electron chi connectivity index (χ4n) is 2.06. The number of aryl methyl sites for hydroxylation is 1. The first kappa shape index (κ1) is 15.6. The highest BCUT2D eigenvalue weighted by molar-refractivity contribution is 5.94. The fraction of sp³-hybridized carbons (Fsp3) is 0.222. The Balaban J connectivity index is 2.02. The van der Waals surface area contributed by atoms with E-state index in [0.717, 1.165) is 16.9 Å². The van der Waals surface area contributed by atoms with Gasteiger partial charge in [-0.1, -0.05) is 29.8 Å². The summed E-state index contributed by atoms with van der Waals surface area (Å²) in [7, 11) is 1.60. The van der Waals surface area contributed by atoms with Crippen molar-refractivity contribution in [3.63, 3.8) is 0 Å². The average molecular weight is 294 g/mol. The molecular formula is C18H18N2O2. The van der Waals surface area contributed by atoms with Gasteiger partial charge in [-0.25, -0.2) is 0 Å². The number of ether oxygens (including phenoxy) is 1. The van der Waals surface area contributed by atoms with Gasteiger partial charge in [-0.3, -0.25) is 4.79 Å². The van der Waals surface area contributed by atoms with E-state index in [0.29, 0.717) is 12.1 Å². The topological polar surface area (TPSA) is 62.1 Å². The van der Waals surface area contributed by atoms with Crippen LogP contribution in [0.2, 0.25) is 0 Å². The van der Waals surface area contributed by atoms with Gasteiger partial charge in [-0.05, 0) is 43.2 Å². The Bertz CT molecular complexity index is 670. The molecule has 22 heavy (non-hydrogen) atoms. The molecule has 0 saturated carbocycles. The van der Waals surface area contributed by atoms with Crippen molar-refractivity contribution in [1.29, 1.82) is 5.26 Å². The summed E-state index contributed by atoms with van der Waals surface area (Å²) < 4.78 is 5.09. The minimum Gasteiger partial charge on any atom is -0.497 e. The second-order valence-corrected chi connectivity index (χ2v) is 5.09. The molecule has 0 aliphatic heterocycles. The van der Waals surface area contributed by atoms with Crippen molar-refractivity contribution in [1.82, 2.24) is 0 Å². The smallest absolute Gasteiger partial charge is 0.242 e. The van der Waals surface area contributed by atoms with Gasteiger partial charge >= 0.3 is 0 Å². The van der Waals surface area contributed by atoms with Crippen LogP contribution in [0.4, 0.5) is 5.69 Å². The van der Waals surface area contributed by atoms with Crippen molar-refractivity contribution >= 4 is 11.6 Å². The molecule has 0 bridgehead atoms. The molecule has 0 spiro atoms. The number of carbonyl (C=O) groups excluding carboxylic acids is 1. The van der Waals surface area contributed by atoms with Crippen molar-refractivity contribution in [2.75, 3.05) is 12.4 Å². The number of nitrogens with one attached hydrogen (secondary N) is 1. The summed E-state index contributed by atoms with van der Waals surface area (Å²) in [5.41, 5.74) is 2.74. The molecule has 0 saturated heterocycles. The molecule has 4 nitrogen and oxygen atoms in total. The molecule has 4 heteroatoms. The Morgan fingerprint density at radius 2 is 1.82 bits per heavy atom. The molecule has 0 heterocycles. The Morgan fingerprint density at radius 1 is 1.18 bits per heavy atom. The molecule has 2 aromatic carbocycles. The third-order valence-electron chi connectivity index (χ3n) is 3.39. The summed E-state index contributed by atoms with van der Waals surface area (Å²) in [6.07, 6.45) is 0.373. The van der Waals surface area contributed by atoms with Gasteiger partial charge in [-0.2, -0.15) is 5.26 Å². The lowest BCUT2D eigenvalue weighted by Gasteiger charge is -2.11. The van der Waals surface area contributed by atoms with Gasteiger partial charge < -0.3 is 10.1 Å². The molecule has 2 rings (SSSR count).